The van der Waals surface area contributed by atoms with Crippen LogP contribution in [-0.4, -0.2) is 12.6 Å². The zero-order valence-electron chi connectivity index (χ0n) is 11.3. The zero-order chi connectivity index (χ0) is 12.3. The monoisotopic (exact) mass is 251 g/mol. The zero-order valence-corrected chi connectivity index (χ0v) is 12.1. The van der Waals surface area contributed by atoms with Crippen LogP contribution in [0.2, 0.25) is 0 Å². The van der Waals surface area contributed by atoms with Crippen LogP contribution in [0.3, 0.4) is 0 Å². The highest BCUT2D eigenvalue weighted by atomic mass is 32.1. The Morgan fingerprint density at radius 3 is 2.88 bits per heavy atom. The SMILES string of the molecule is CC1CCCC(NCC(C)(C)c2cccs2)C1. The summed E-state index contributed by atoms with van der Waals surface area (Å²) in [5.41, 5.74) is 0.273. The van der Waals surface area contributed by atoms with E-state index >= 15 is 0 Å². The molecule has 1 saturated carbocycles. The molecule has 0 spiro atoms. The van der Waals surface area contributed by atoms with E-state index in [1.54, 1.807) is 0 Å². The van der Waals surface area contributed by atoms with Crippen molar-refractivity contribution in [2.45, 2.75) is 57.9 Å². The maximum atomic E-state index is 3.79. The molecule has 1 aliphatic rings. The van der Waals surface area contributed by atoms with Crippen molar-refractivity contribution in [3.8, 4) is 0 Å². The highest BCUT2D eigenvalue weighted by Gasteiger charge is 2.24. The molecule has 0 saturated heterocycles. The summed E-state index contributed by atoms with van der Waals surface area (Å²) < 4.78 is 0. The Hall–Kier alpha value is -0.340. The van der Waals surface area contributed by atoms with Crippen molar-refractivity contribution < 1.29 is 0 Å². The lowest BCUT2D eigenvalue weighted by Crippen LogP contribution is -2.41. The standard InChI is InChI=1S/C15H25NS/c1-12-6-4-7-13(10-12)16-11-15(2,3)14-8-5-9-17-14/h5,8-9,12-13,16H,4,6-7,10-11H2,1-3H3. The molecule has 2 rings (SSSR count). The van der Waals surface area contributed by atoms with Crippen molar-refractivity contribution in [3.05, 3.63) is 22.4 Å². The van der Waals surface area contributed by atoms with Gasteiger partial charge in [0.1, 0.15) is 0 Å². The lowest BCUT2D eigenvalue weighted by Gasteiger charge is -2.31. The molecular formula is C15H25NS. The third-order valence-corrected chi connectivity index (χ3v) is 5.19. The van der Waals surface area contributed by atoms with Gasteiger partial charge in [-0.2, -0.15) is 0 Å². The van der Waals surface area contributed by atoms with Gasteiger partial charge in [-0.05, 0) is 30.2 Å². The molecular weight excluding hydrogens is 226 g/mol. The second-order valence-corrected chi connectivity index (χ2v) is 7.16. The van der Waals surface area contributed by atoms with E-state index in [9.17, 15) is 0 Å². The molecule has 1 nitrogen and oxygen atoms in total. The van der Waals surface area contributed by atoms with E-state index in [1.807, 2.05) is 11.3 Å². The van der Waals surface area contributed by atoms with Gasteiger partial charge in [0.05, 0.1) is 0 Å². The summed E-state index contributed by atoms with van der Waals surface area (Å²) in [7, 11) is 0. The van der Waals surface area contributed by atoms with Crippen molar-refractivity contribution >= 4 is 11.3 Å². The number of nitrogens with one attached hydrogen (secondary N) is 1. The maximum Gasteiger partial charge on any atom is 0.0115 e. The molecule has 0 radical (unpaired) electrons. The first-order valence-corrected chi connectivity index (χ1v) is 7.73. The minimum absolute atomic E-state index is 0.273. The Morgan fingerprint density at radius 2 is 2.24 bits per heavy atom. The molecule has 2 unspecified atom stereocenters. The van der Waals surface area contributed by atoms with E-state index < -0.39 is 0 Å². The van der Waals surface area contributed by atoms with Crippen LogP contribution >= 0.6 is 11.3 Å². The fourth-order valence-electron chi connectivity index (χ4n) is 2.77. The summed E-state index contributed by atoms with van der Waals surface area (Å²) in [5, 5.41) is 5.97. The van der Waals surface area contributed by atoms with Crippen molar-refractivity contribution in [2.24, 2.45) is 5.92 Å². The van der Waals surface area contributed by atoms with Gasteiger partial charge in [-0.25, -0.2) is 0 Å². The predicted octanol–water partition coefficient (Wildman–Crippen LogP) is 4.19. The van der Waals surface area contributed by atoms with Crippen LogP contribution in [-0.2, 0) is 5.41 Å². The van der Waals surface area contributed by atoms with Gasteiger partial charge in [0.25, 0.3) is 0 Å². The molecule has 1 aromatic rings. The summed E-state index contributed by atoms with van der Waals surface area (Å²) in [4.78, 5) is 1.49. The van der Waals surface area contributed by atoms with Gasteiger partial charge in [0.2, 0.25) is 0 Å². The lowest BCUT2D eigenvalue weighted by molar-refractivity contribution is 0.287. The van der Waals surface area contributed by atoms with Crippen molar-refractivity contribution in [2.75, 3.05) is 6.54 Å². The maximum absolute atomic E-state index is 3.79. The molecule has 1 N–H and O–H groups in total. The molecule has 1 fully saturated rings. The molecule has 1 aromatic heterocycles. The van der Waals surface area contributed by atoms with Crippen molar-refractivity contribution in [1.29, 1.82) is 0 Å². The number of rotatable bonds is 4. The minimum Gasteiger partial charge on any atom is -0.313 e. The highest BCUT2D eigenvalue weighted by Crippen LogP contribution is 2.28. The molecule has 2 atom stereocenters. The van der Waals surface area contributed by atoms with Gasteiger partial charge in [0, 0.05) is 22.9 Å². The Morgan fingerprint density at radius 1 is 1.41 bits per heavy atom. The predicted molar refractivity (Wildman–Crippen MR) is 76.8 cm³/mol. The van der Waals surface area contributed by atoms with E-state index in [1.165, 1.54) is 30.6 Å². The fourth-order valence-corrected chi connectivity index (χ4v) is 3.62. The summed E-state index contributed by atoms with van der Waals surface area (Å²) in [6.45, 7) is 8.18. The van der Waals surface area contributed by atoms with Gasteiger partial charge in [-0.3, -0.25) is 0 Å². The minimum atomic E-state index is 0.273. The molecule has 0 bridgehead atoms. The van der Waals surface area contributed by atoms with E-state index in [4.69, 9.17) is 0 Å². The van der Waals surface area contributed by atoms with Gasteiger partial charge < -0.3 is 5.32 Å². The second-order valence-electron chi connectivity index (χ2n) is 6.21. The van der Waals surface area contributed by atoms with Crippen LogP contribution in [0, 0.1) is 5.92 Å². The molecule has 2 heteroatoms. The Labute approximate surface area is 110 Å². The van der Waals surface area contributed by atoms with Gasteiger partial charge >= 0.3 is 0 Å². The first kappa shape index (κ1) is 13.1. The largest absolute Gasteiger partial charge is 0.313 e. The molecule has 17 heavy (non-hydrogen) atoms. The molecule has 0 amide bonds. The van der Waals surface area contributed by atoms with Crippen LogP contribution in [0.25, 0.3) is 0 Å². The fraction of sp³-hybridized carbons (Fsp3) is 0.733. The number of thiophene rings is 1. The Balaban J connectivity index is 1.85. The number of hydrogen-bond acceptors (Lipinski definition) is 2. The Kier molecular flexibility index (Phi) is 4.26. The van der Waals surface area contributed by atoms with E-state index in [2.05, 4.69) is 43.6 Å². The summed E-state index contributed by atoms with van der Waals surface area (Å²) in [5.74, 6) is 0.908. The Bertz CT molecular complexity index is 329. The smallest absolute Gasteiger partial charge is 0.0115 e. The topological polar surface area (TPSA) is 12.0 Å². The molecule has 1 heterocycles. The highest BCUT2D eigenvalue weighted by molar-refractivity contribution is 7.10. The molecule has 0 aliphatic heterocycles. The van der Waals surface area contributed by atoms with E-state index in [0.29, 0.717) is 0 Å². The van der Waals surface area contributed by atoms with Crippen LogP contribution < -0.4 is 5.32 Å². The average molecular weight is 251 g/mol. The van der Waals surface area contributed by atoms with Gasteiger partial charge in [-0.1, -0.05) is 39.7 Å². The summed E-state index contributed by atoms with van der Waals surface area (Å²) in [6.07, 6.45) is 5.55. The van der Waals surface area contributed by atoms with Crippen molar-refractivity contribution in [3.63, 3.8) is 0 Å². The number of hydrogen-bond donors (Lipinski definition) is 1. The second kappa shape index (κ2) is 5.53. The van der Waals surface area contributed by atoms with Crippen LogP contribution in [0.15, 0.2) is 17.5 Å². The molecule has 1 aliphatic carbocycles. The third-order valence-electron chi connectivity index (χ3n) is 3.96. The molecule has 0 aromatic carbocycles. The average Bonchev–Trinajstić information content (AvgIpc) is 2.81. The summed E-state index contributed by atoms with van der Waals surface area (Å²) >= 11 is 1.88. The van der Waals surface area contributed by atoms with Crippen LogP contribution in [0.4, 0.5) is 0 Å². The van der Waals surface area contributed by atoms with E-state index in [-0.39, 0.29) is 5.41 Å². The third kappa shape index (κ3) is 3.56. The molecule has 96 valence electrons. The van der Waals surface area contributed by atoms with Gasteiger partial charge in [-0.15, -0.1) is 11.3 Å². The quantitative estimate of drug-likeness (QED) is 0.846. The van der Waals surface area contributed by atoms with Crippen molar-refractivity contribution in [1.82, 2.24) is 5.32 Å². The normalized spacial score (nSPS) is 26.1. The van der Waals surface area contributed by atoms with Crippen LogP contribution in [0.1, 0.15) is 51.3 Å². The van der Waals surface area contributed by atoms with E-state index in [0.717, 1.165) is 18.5 Å². The van der Waals surface area contributed by atoms with Crippen LogP contribution in [0.5, 0.6) is 0 Å². The summed E-state index contributed by atoms with van der Waals surface area (Å²) in [6, 6.07) is 5.17. The first-order chi connectivity index (χ1) is 8.08. The van der Waals surface area contributed by atoms with Gasteiger partial charge in [0.15, 0.2) is 0 Å². The first-order valence-electron chi connectivity index (χ1n) is 6.85. The lowest BCUT2D eigenvalue weighted by atomic mass is 9.85.